The minimum absolute atomic E-state index is 0.0314. The van der Waals surface area contributed by atoms with Crippen LogP contribution in [-0.2, 0) is 0 Å². The Hall–Kier alpha value is -0.680. The van der Waals surface area contributed by atoms with Crippen LogP contribution in [0.5, 0.6) is 0 Å². The fourth-order valence-electron chi connectivity index (χ4n) is 4.61. The quantitative estimate of drug-likeness (QED) is 0.218. The highest BCUT2D eigenvalue weighted by Crippen LogP contribution is 2.44. The number of hydrogen-bond donors (Lipinski definition) is 2. The molecule has 0 aliphatic carbocycles. The summed E-state index contributed by atoms with van der Waals surface area (Å²) in [7, 11) is 0. The summed E-state index contributed by atoms with van der Waals surface area (Å²) in [6.07, 6.45) is 23.3. The van der Waals surface area contributed by atoms with Crippen LogP contribution in [-0.4, -0.2) is 23.4 Å². The van der Waals surface area contributed by atoms with Crippen molar-refractivity contribution >= 4 is 23.5 Å². The van der Waals surface area contributed by atoms with E-state index in [1.807, 2.05) is 23.5 Å². The molecule has 0 fully saturated rings. The summed E-state index contributed by atoms with van der Waals surface area (Å²) in [5.41, 5.74) is 0.212. The zero-order valence-electron chi connectivity index (χ0n) is 24.2. The Bertz CT molecular complexity index is 810. The maximum absolute atomic E-state index is 9.50. The molecule has 0 aromatic carbocycles. The molecule has 36 heavy (non-hydrogen) atoms. The number of hydrogen-bond acceptors (Lipinski definition) is 4. The summed E-state index contributed by atoms with van der Waals surface area (Å²) in [5, 5.41) is 19.0. The molecule has 0 aromatic rings. The molecule has 204 valence electrons. The predicted molar refractivity (Wildman–Crippen MR) is 163 cm³/mol. The summed E-state index contributed by atoms with van der Waals surface area (Å²) in [4.78, 5) is 5.63. The first-order chi connectivity index (χ1) is 16.6. The summed E-state index contributed by atoms with van der Waals surface area (Å²) >= 11 is 3.84. The molecule has 0 atom stereocenters. The van der Waals surface area contributed by atoms with Crippen LogP contribution in [0.3, 0.4) is 0 Å². The van der Waals surface area contributed by atoms with E-state index in [0.29, 0.717) is 0 Å². The third-order valence-electron chi connectivity index (χ3n) is 6.91. The summed E-state index contributed by atoms with van der Waals surface area (Å²) in [6, 6.07) is 0. The minimum atomic E-state index is 0.0314. The third-order valence-corrected chi connectivity index (χ3v) is 9.06. The van der Waals surface area contributed by atoms with Gasteiger partial charge in [-0.3, -0.25) is 0 Å². The average molecular weight is 533 g/mol. The van der Waals surface area contributed by atoms with Crippen LogP contribution in [0.1, 0.15) is 107 Å². The molecule has 2 rings (SSSR count). The maximum Gasteiger partial charge on any atom is 0.0482 e. The Morgan fingerprint density at radius 1 is 0.639 bits per heavy atom. The number of thioether (sulfide) groups is 2. The van der Waals surface area contributed by atoms with Gasteiger partial charge in [0, 0.05) is 33.9 Å². The lowest BCUT2D eigenvalue weighted by Crippen LogP contribution is -2.16. The second-order valence-electron chi connectivity index (χ2n) is 13.6. The molecule has 0 unspecified atom stereocenters. The van der Waals surface area contributed by atoms with Gasteiger partial charge < -0.3 is 10.2 Å². The molecular formula is C32H52O2S2. The van der Waals surface area contributed by atoms with Crippen LogP contribution in [0.25, 0.3) is 0 Å². The largest absolute Gasteiger partial charge is 0.396 e. The average Bonchev–Trinajstić information content (AvgIpc) is 2.76. The van der Waals surface area contributed by atoms with E-state index in [0.717, 1.165) is 38.5 Å². The molecule has 0 aromatic heterocycles. The van der Waals surface area contributed by atoms with Gasteiger partial charge in [0.05, 0.1) is 0 Å². The molecule has 0 bridgehead atoms. The molecule has 2 heterocycles. The van der Waals surface area contributed by atoms with E-state index in [1.54, 1.807) is 0 Å². The Morgan fingerprint density at radius 3 is 1.33 bits per heavy atom. The Labute approximate surface area is 230 Å². The summed E-state index contributed by atoms with van der Waals surface area (Å²) < 4.78 is 0. The lowest BCUT2D eigenvalue weighted by Gasteiger charge is -2.26. The maximum atomic E-state index is 9.50. The second-order valence-corrected chi connectivity index (χ2v) is 16.0. The second kappa shape index (κ2) is 13.4. The monoisotopic (exact) mass is 532 g/mol. The molecule has 2 aliphatic heterocycles. The van der Waals surface area contributed by atoms with Crippen molar-refractivity contribution in [1.29, 1.82) is 0 Å². The van der Waals surface area contributed by atoms with Gasteiger partial charge in [-0.25, -0.2) is 0 Å². The van der Waals surface area contributed by atoms with Crippen molar-refractivity contribution in [2.75, 3.05) is 13.2 Å². The third kappa shape index (κ3) is 11.8. The highest BCUT2D eigenvalue weighted by molar-refractivity contribution is 8.07. The van der Waals surface area contributed by atoms with Crippen molar-refractivity contribution < 1.29 is 10.2 Å². The summed E-state index contributed by atoms with van der Waals surface area (Å²) in [5.74, 6) is 0. The molecule has 0 saturated heterocycles. The first-order valence-corrected chi connectivity index (χ1v) is 15.4. The highest BCUT2D eigenvalue weighted by atomic mass is 32.2. The van der Waals surface area contributed by atoms with Crippen molar-refractivity contribution in [3.8, 4) is 0 Å². The Balaban J connectivity index is 1.93. The minimum Gasteiger partial charge on any atom is -0.396 e. The number of unbranched alkanes of at least 4 members (excludes halogenated alkanes) is 2. The van der Waals surface area contributed by atoms with Crippen molar-refractivity contribution in [3.63, 3.8) is 0 Å². The number of aliphatic hydroxyl groups excluding tert-OH is 2. The topological polar surface area (TPSA) is 40.5 Å². The first kappa shape index (κ1) is 31.5. The first-order valence-electron chi connectivity index (χ1n) is 13.8. The van der Waals surface area contributed by atoms with Crippen LogP contribution in [0, 0.1) is 21.7 Å². The zero-order valence-corrected chi connectivity index (χ0v) is 25.9. The van der Waals surface area contributed by atoms with Gasteiger partial charge in [0.2, 0.25) is 0 Å². The van der Waals surface area contributed by atoms with Crippen molar-refractivity contribution in [1.82, 2.24) is 0 Å². The number of aliphatic hydroxyl groups is 2. The van der Waals surface area contributed by atoms with E-state index < -0.39 is 0 Å². The van der Waals surface area contributed by atoms with Gasteiger partial charge in [-0.1, -0.05) is 116 Å². The van der Waals surface area contributed by atoms with Crippen LogP contribution < -0.4 is 0 Å². The van der Waals surface area contributed by atoms with Gasteiger partial charge in [-0.05, 0) is 71.3 Å². The van der Waals surface area contributed by atoms with Crippen molar-refractivity contribution in [2.45, 2.75) is 107 Å². The number of allylic oxidation sites excluding steroid dienone is 8. The molecule has 2 N–H and O–H groups in total. The lowest BCUT2D eigenvalue weighted by atomic mass is 9.87. The molecular weight excluding hydrogens is 480 g/mol. The molecule has 0 saturated carbocycles. The molecule has 0 spiro atoms. The van der Waals surface area contributed by atoms with Gasteiger partial charge in [0.15, 0.2) is 0 Å². The van der Waals surface area contributed by atoms with E-state index >= 15 is 0 Å². The van der Waals surface area contributed by atoms with Crippen LogP contribution in [0.15, 0.2) is 56.1 Å². The van der Waals surface area contributed by atoms with E-state index in [4.69, 9.17) is 0 Å². The van der Waals surface area contributed by atoms with Crippen LogP contribution in [0.4, 0.5) is 0 Å². The van der Waals surface area contributed by atoms with Gasteiger partial charge in [-0.2, -0.15) is 0 Å². The molecule has 2 nitrogen and oxygen atoms in total. The smallest absolute Gasteiger partial charge is 0.0482 e. The zero-order chi connectivity index (χ0) is 27.0. The van der Waals surface area contributed by atoms with Gasteiger partial charge >= 0.3 is 0 Å². The fourth-order valence-corrected chi connectivity index (χ4v) is 7.43. The molecule has 4 heteroatoms. The van der Waals surface area contributed by atoms with Gasteiger partial charge in [0.25, 0.3) is 0 Å². The standard InChI is InChI=1S/C32H52O2S2/c1-29(2,23-33)17-11-9-13-25-19-31(5,6)21-27(35-25)15-16-28-22-32(7,8)20-26(36-28)14-10-12-18-30(3,4)24-34/h15-16,19-22,33-34H,9-14,17-18,23-24H2,1-8H3/b16-15+. The van der Waals surface area contributed by atoms with Crippen LogP contribution in [0.2, 0.25) is 0 Å². The number of rotatable bonds is 14. The fraction of sp³-hybridized carbons (Fsp3) is 0.688. The lowest BCUT2D eigenvalue weighted by molar-refractivity contribution is 0.147. The van der Waals surface area contributed by atoms with E-state index in [1.165, 1.54) is 32.5 Å². The molecule has 0 amide bonds. The SMILES string of the molecule is CC1(C)C=C(/C=C/C2=CC(C)(C)C=C(CCCCC(C)(C)CO)S2)SC(CCCCC(C)(C)CO)=C1. The van der Waals surface area contributed by atoms with E-state index in [2.05, 4.69) is 91.8 Å². The van der Waals surface area contributed by atoms with Gasteiger partial charge in [-0.15, -0.1) is 0 Å². The normalized spacial score (nSPS) is 20.2. The van der Waals surface area contributed by atoms with Gasteiger partial charge in [0.1, 0.15) is 0 Å². The summed E-state index contributed by atoms with van der Waals surface area (Å²) in [6.45, 7) is 18.3. The Morgan fingerprint density at radius 2 is 1.00 bits per heavy atom. The Kier molecular flexibility index (Phi) is 11.7. The molecule has 2 aliphatic rings. The highest BCUT2D eigenvalue weighted by Gasteiger charge is 2.23. The van der Waals surface area contributed by atoms with Crippen molar-refractivity contribution in [2.24, 2.45) is 21.7 Å². The van der Waals surface area contributed by atoms with E-state index in [-0.39, 0.29) is 34.9 Å². The molecule has 0 radical (unpaired) electrons. The van der Waals surface area contributed by atoms with Crippen LogP contribution >= 0.6 is 23.5 Å². The van der Waals surface area contributed by atoms with Crippen molar-refractivity contribution in [3.05, 3.63) is 56.1 Å². The predicted octanol–water partition coefficient (Wildman–Crippen LogP) is 9.78. The van der Waals surface area contributed by atoms with E-state index in [9.17, 15) is 10.2 Å².